The van der Waals surface area contributed by atoms with Gasteiger partial charge in [0.25, 0.3) is 0 Å². The molecule has 0 unspecified atom stereocenters. The highest BCUT2D eigenvalue weighted by Gasteiger charge is 2.14. The molecule has 0 aliphatic heterocycles. The molecule has 5 nitrogen and oxygen atoms in total. The fraction of sp³-hybridized carbons (Fsp3) is 0.0741. The van der Waals surface area contributed by atoms with Gasteiger partial charge in [0.1, 0.15) is 0 Å². The highest BCUT2D eigenvalue weighted by atomic mass is 16.4. The minimum atomic E-state index is -0.975. The van der Waals surface area contributed by atoms with E-state index in [-0.39, 0.29) is 0 Å². The Morgan fingerprint density at radius 2 is 1.72 bits per heavy atom. The average Bonchev–Trinajstić information content (AvgIpc) is 3.29. The molecule has 4 aromatic rings. The molecule has 5 heteroatoms. The van der Waals surface area contributed by atoms with Gasteiger partial charge in [0.15, 0.2) is 0 Å². The second-order valence-electron chi connectivity index (χ2n) is 7.36. The van der Waals surface area contributed by atoms with Crippen molar-refractivity contribution in [1.29, 1.82) is 5.26 Å². The fourth-order valence-corrected chi connectivity index (χ4v) is 3.81. The average molecular weight is 419 g/mol. The molecule has 2 N–H and O–H groups in total. The summed E-state index contributed by atoms with van der Waals surface area (Å²) < 4.78 is 0. The van der Waals surface area contributed by atoms with Crippen LogP contribution >= 0.6 is 0 Å². The first-order valence-electron chi connectivity index (χ1n) is 10.3. The van der Waals surface area contributed by atoms with Crippen molar-refractivity contribution in [3.8, 4) is 6.07 Å². The fourth-order valence-electron chi connectivity index (χ4n) is 3.81. The van der Waals surface area contributed by atoms with E-state index in [1.54, 1.807) is 6.08 Å². The van der Waals surface area contributed by atoms with Crippen LogP contribution in [-0.2, 0) is 4.79 Å². The summed E-state index contributed by atoms with van der Waals surface area (Å²) >= 11 is 0. The maximum atomic E-state index is 10.8. The molecule has 0 bridgehead atoms. The van der Waals surface area contributed by atoms with E-state index in [4.69, 9.17) is 10.4 Å². The Balaban J connectivity index is 1.90. The van der Waals surface area contributed by atoms with Gasteiger partial charge in [-0.25, -0.2) is 4.79 Å². The molecule has 0 spiro atoms. The zero-order chi connectivity index (χ0) is 22.5. The molecule has 32 heavy (non-hydrogen) atoms. The Morgan fingerprint density at radius 3 is 2.38 bits per heavy atom. The topological polar surface area (TPSA) is 89.8 Å². The molecule has 4 rings (SSSR count). The van der Waals surface area contributed by atoms with Crippen molar-refractivity contribution in [3.63, 3.8) is 0 Å². The molecule has 0 fully saturated rings. The molecule has 0 saturated heterocycles. The van der Waals surface area contributed by atoms with Crippen LogP contribution in [0.25, 0.3) is 28.1 Å². The third kappa shape index (κ3) is 4.35. The van der Waals surface area contributed by atoms with Crippen molar-refractivity contribution < 1.29 is 9.90 Å². The van der Waals surface area contributed by atoms with Crippen LogP contribution in [0.2, 0.25) is 0 Å². The second-order valence-corrected chi connectivity index (χ2v) is 7.36. The lowest BCUT2D eigenvalue weighted by molar-refractivity contribution is -0.131. The van der Waals surface area contributed by atoms with E-state index in [1.807, 2.05) is 60.8 Å². The summed E-state index contributed by atoms with van der Waals surface area (Å²) in [6.45, 7) is 2.12. The Morgan fingerprint density at radius 1 is 1.03 bits per heavy atom. The van der Waals surface area contributed by atoms with Gasteiger partial charge >= 0.3 is 5.97 Å². The summed E-state index contributed by atoms with van der Waals surface area (Å²) in [6, 6.07) is 23.9. The van der Waals surface area contributed by atoms with Crippen molar-refractivity contribution in [3.05, 3.63) is 107 Å². The molecule has 1 heterocycles. The minimum absolute atomic E-state index is 0.625. The van der Waals surface area contributed by atoms with Gasteiger partial charge in [-0.05, 0) is 70.2 Å². The zero-order valence-corrected chi connectivity index (χ0v) is 17.5. The van der Waals surface area contributed by atoms with Crippen LogP contribution in [-0.4, -0.2) is 21.3 Å². The number of hydrogen-bond acceptors (Lipinski definition) is 3. The molecule has 0 aliphatic rings. The lowest BCUT2D eigenvalue weighted by Crippen LogP contribution is -1.96. The van der Waals surface area contributed by atoms with Crippen LogP contribution in [0.4, 0.5) is 0 Å². The predicted molar refractivity (Wildman–Crippen MR) is 127 cm³/mol. The number of rotatable bonds is 6. The van der Waals surface area contributed by atoms with E-state index in [9.17, 15) is 4.79 Å². The van der Waals surface area contributed by atoms with Crippen LogP contribution in [0, 0.1) is 11.3 Å². The molecule has 0 amide bonds. The summed E-state index contributed by atoms with van der Waals surface area (Å²) in [5, 5.41) is 26.2. The van der Waals surface area contributed by atoms with E-state index in [2.05, 4.69) is 35.3 Å². The van der Waals surface area contributed by atoms with Crippen LogP contribution in [0.3, 0.4) is 0 Å². The number of hydrogen-bond donors (Lipinski definition) is 2. The maximum Gasteiger partial charge on any atom is 0.328 e. The van der Waals surface area contributed by atoms with E-state index in [0.29, 0.717) is 5.56 Å². The Labute approximate surface area is 186 Å². The quantitative estimate of drug-likeness (QED) is 0.301. The van der Waals surface area contributed by atoms with Crippen molar-refractivity contribution >= 4 is 34.1 Å². The second kappa shape index (κ2) is 9.15. The Kier molecular flexibility index (Phi) is 5.96. The summed E-state index contributed by atoms with van der Waals surface area (Å²) in [5.41, 5.74) is 7.82. The van der Waals surface area contributed by atoms with Crippen molar-refractivity contribution in [1.82, 2.24) is 10.2 Å². The largest absolute Gasteiger partial charge is 0.478 e. The van der Waals surface area contributed by atoms with Crippen LogP contribution in [0.15, 0.2) is 79.0 Å². The summed E-state index contributed by atoms with van der Waals surface area (Å²) in [6.07, 6.45) is 5.32. The number of aromatic amines is 1. The molecule has 156 valence electrons. The van der Waals surface area contributed by atoms with Gasteiger partial charge < -0.3 is 5.11 Å². The third-order valence-electron chi connectivity index (χ3n) is 5.36. The standard InChI is InChI=1S/C27H21N3O2/c1-2-24(20-8-5-19(16-28)6-9-20)27(22-12-13-25-23(15-22)17-29-30-25)21-10-3-18(4-11-21)7-14-26(31)32/h3-15,17H,2H2,1H3,(H,29,30)(H,31,32). The lowest BCUT2D eigenvalue weighted by Gasteiger charge is -2.17. The number of fused-ring (bicyclic) bond motifs is 1. The first-order valence-corrected chi connectivity index (χ1v) is 10.3. The van der Waals surface area contributed by atoms with Gasteiger partial charge in [-0.15, -0.1) is 0 Å². The number of nitrogens with one attached hydrogen (secondary N) is 1. The van der Waals surface area contributed by atoms with Crippen LogP contribution < -0.4 is 0 Å². The van der Waals surface area contributed by atoms with Crippen LogP contribution in [0.1, 0.15) is 41.2 Å². The predicted octanol–water partition coefficient (Wildman–Crippen LogP) is 5.90. The van der Waals surface area contributed by atoms with E-state index < -0.39 is 5.97 Å². The summed E-state index contributed by atoms with van der Waals surface area (Å²) in [7, 11) is 0. The third-order valence-corrected chi connectivity index (χ3v) is 5.36. The highest BCUT2D eigenvalue weighted by Crippen LogP contribution is 2.35. The highest BCUT2D eigenvalue weighted by molar-refractivity contribution is 6.00. The van der Waals surface area contributed by atoms with Gasteiger partial charge in [0.05, 0.1) is 23.3 Å². The molecule has 0 saturated carbocycles. The monoisotopic (exact) mass is 419 g/mol. The molecular weight excluding hydrogens is 398 g/mol. The van der Waals surface area contributed by atoms with Crippen LogP contribution in [0.5, 0.6) is 0 Å². The Bertz CT molecular complexity index is 1370. The number of nitrogens with zero attached hydrogens (tertiary/aromatic N) is 2. The number of allylic oxidation sites excluding steroid dienone is 1. The van der Waals surface area contributed by atoms with E-state index in [0.717, 1.165) is 56.8 Å². The normalized spacial score (nSPS) is 12.0. The lowest BCUT2D eigenvalue weighted by atomic mass is 9.87. The van der Waals surface area contributed by atoms with Crippen molar-refractivity contribution in [2.24, 2.45) is 0 Å². The number of carbonyl (C=O) groups is 1. The zero-order valence-electron chi connectivity index (χ0n) is 17.5. The number of aliphatic carboxylic acids is 1. The first kappa shape index (κ1) is 20.8. The van der Waals surface area contributed by atoms with E-state index in [1.165, 1.54) is 0 Å². The van der Waals surface area contributed by atoms with Crippen molar-refractivity contribution in [2.45, 2.75) is 13.3 Å². The van der Waals surface area contributed by atoms with Gasteiger partial charge in [-0.2, -0.15) is 10.4 Å². The van der Waals surface area contributed by atoms with Gasteiger partial charge in [0, 0.05) is 11.5 Å². The van der Waals surface area contributed by atoms with Crippen molar-refractivity contribution in [2.75, 3.05) is 0 Å². The Hall–Kier alpha value is -4.43. The number of nitriles is 1. The smallest absolute Gasteiger partial charge is 0.328 e. The minimum Gasteiger partial charge on any atom is -0.478 e. The molecular formula is C27H21N3O2. The number of carboxylic acids is 1. The number of benzene rings is 3. The van der Waals surface area contributed by atoms with Gasteiger partial charge in [-0.3, -0.25) is 5.10 Å². The molecule has 0 radical (unpaired) electrons. The number of carboxylic acid groups (broad SMARTS) is 1. The SMILES string of the molecule is CCC(=C(c1ccc(C=CC(=O)O)cc1)c1ccc2[nH]ncc2c1)c1ccc(C#N)cc1. The number of aromatic nitrogens is 2. The van der Waals surface area contributed by atoms with Gasteiger partial charge in [0.2, 0.25) is 0 Å². The molecule has 3 aromatic carbocycles. The summed E-state index contributed by atoms with van der Waals surface area (Å²) in [4.78, 5) is 10.8. The van der Waals surface area contributed by atoms with E-state index >= 15 is 0 Å². The number of H-pyrrole nitrogens is 1. The first-order chi connectivity index (χ1) is 15.6. The molecule has 0 aliphatic carbocycles. The molecule has 1 aromatic heterocycles. The maximum absolute atomic E-state index is 10.8. The van der Waals surface area contributed by atoms with Gasteiger partial charge in [-0.1, -0.05) is 49.4 Å². The summed E-state index contributed by atoms with van der Waals surface area (Å²) in [5.74, 6) is -0.975. The molecule has 0 atom stereocenters.